The summed E-state index contributed by atoms with van der Waals surface area (Å²) in [5.74, 6) is 1.60. The number of halogens is 1. The summed E-state index contributed by atoms with van der Waals surface area (Å²) >= 11 is 6.40. The number of fused-ring (bicyclic) bond motifs is 1. The molecule has 3 rings (SSSR count). The Labute approximate surface area is 163 Å². The maximum atomic E-state index is 9.61. The van der Waals surface area contributed by atoms with Crippen LogP contribution in [0.1, 0.15) is 31.7 Å². The van der Waals surface area contributed by atoms with E-state index in [4.69, 9.17) is 21.1 Å². The highest BCUT2D eigenvalue weighted by molar-refractivity contribution is 6.32. The third-order valence-electron chi connectivity index (χ3n) is 3.86. The molecule has 0 aliphatic rings. The molecule has 0 aliphatic carbocycles. The summed E-state index contributed by atoms with van der Waals surface area (Å²) in [6.07, 6.45) is 2.60. The van der Waals surface area contributed by atoms with Gasteiger partial charge in [-0.1, -0.05) is 30.7 Å². The molecule has 1 N–H and O–H groups in total. The van der Waals surface area contributed by atoms with E-state index in [1.165, 1.54) is 0 Å². The first-order valence-electron chi connectivity index (χ1n) is 8.82. The first-order valence-corrected chi connectivity index (χ1v) is 9.20. The zero-order valence-corrected chi connectivity index (χ0v) is 16.0. The Hall–Kier alpha value is -2.97. The summed E-state index contributed by atoms with van der Waals surface area (Å²) < 4.78 is 11.4. The Bertz CT molecular complexity index is 985. The number of imidazole rings is 1. The largest absolute Gasteiger partial charge is 0.490 e. The maximum absolute atomic E-state index is 9.61. The van der Waals surface area contributed by atoms with Crippen LogP contribution < -0.4 is 9.47 Å². The number of aromatic nitrogens is 2. The van der Waals surface area contributed by atoms with Crippen molar-refractivity contribution in [3.63, 3.8) is 0 Å². The van der Waals surface area contributed by atoms with Gasteiger partial charge in [0.1, 0.15) is 11.9 Å². The Morgan fingerprint density at radius 2 is 2.07 bits per heavy atom. The first kappa shape index (κ1) is 18.8. The van der Waals surface area contributed by atoms with Crippen LogP contribution in [0.3, 0.4) is 0 Å². The minimum atomic E-state index is 0.409. The molecule has 138 valence electrons. The number of aromatic amines is 1. The van der Waals surface area contributed by atoms with Gasteiger partial charge in [0.05, 0.1) is 34.8 Å². The molecule has 0 fully saturated rings. The van der Waals surface area contributed by atoms with E-state index in [-0.39, 0.29) is 0 Å². The molecule has 2 aromatic carbocycles. The van der Waals surface area contributed by atoms with Crippen LogP contribution in [0.25, 0.3) is 22.7 Å². The van der Waals surface area contributed by atoms with Gasteiger partial charge in [-0.25, -0.2) is 4.98 Å². The molecule has 1 aromatic heterocycles. The Kier molecular flexibility index (Phi) is 6.00. The fraction of sp³-hybridized carbons (Fsp3) is 0.238. The van der Waals surface area contributed by atoms with E-state index in [9.17, 15) is 5.26 Å². The number of nitrogens with one attached hydrogen (secondary N) is 1. The van der Waals surface area contributed by atoms with Crippen molar-refractivity contribution in [3.8, 4) is 17.6 Å². The Balaban J connectivity index is 2.01. The lowest BCUT2D eigenvalue weighted by atomic mass is 10.1. The SMILES string of the molecule is CCCOc1c(Cl)cc(/C=C(/C#N)c2nc3ccccc3[nH]2)cc1OCC. The number of nitriles is 1. The predicted molar refractivity (Wildman–Crippen MR) is 108 cm³/mol. The summed E-state index contributed by atoms with van der Waals surface area (Å²) in [5.41, 5.74) is 2.84. The van der Waals surface area contributed by atoms with Crippen molar-refractivity contribution in [2.24, 2.45) is 0 Å². The Morgan fingerprint density at radius 3 is 2.78 bits per heavy atom. The molecule has 0 spiro atoms. The van der Waals surface area contributed by atoms with Gasteiger partial charge in [-0.15, -0.1) is 0 Å². The summed E-state index contributed by atoms with van der Waals surface area (Å²) in [6, 6.07) is 13.4. The van der Waals surface area contributed by atoms with Crippen LogP contribution in [-0.2, 0) is 0 Å². The van der Waals surface area contributed by atoms with Crippen molar-refractivity contribution >= 4 is 34.3 Å². The van der Waals surface area contributed by atoms with Gasteiger partial charge in [0.25, 0.3) is 0 Å². The average molecular weight is 382 g/mol. The quantitative estimate of drug-likeness (QED) is 0.551. The molecular weight excluding hydrogens is 362 g/mol. The second-order valence-corrected chi connectivity index (χ2v) is 6.29. The van der Waals surface area contributed by atoms with Crippen LogP contribution in [0.2, 0.25) is 5.02 Å². The number of hydrogen-bond acceptors (Lipinski definition) is 4. The van der Waals surface area contributed by atoms with E-state index in [1.54, 1.807) is 12.1 Å². The molecule has 5 nitrogen and oxygen atoms in total. The van der Waals surface area contributed by atoms with Gasteiger partial charge in [-0.2, -0.15) is 5.26 Å². The maximum Gasteiger partial charge on any atom is 0.179 e. The lowest BCUT2D eigenvalue weighted by molar-refractivity contribution is 0.277. The van der Waals surface area contributed by atoms with Crippen LogP contribution in [0.15, 0.2) is 36.4 Å². The van der Waals surface area contributed by atoms with Gasteiger partial charge in [0.2, 0.25) is 0 Å². The number of H-pyrrole nitrogens is 1. The lowest BCUT2D eigenvalue weighted by Crippen LogP contribution is -2.01. The van der Waals surface area contributed by atoms with Crippen LogP contribution in [0, 0.1) is 11.3 Å². The van der Waals surface area contributed by atoms with Crippen molar-refractivity contribution in [2.75, 3.05) is 13.2 Å². The number of ether oxygens (including phenoxy) is 2. The molecule has 0 saturated heterocycles. The van der Waals surface area contributed by atoms with E-state index in [0.717, 1.165) is 23.0 Å². The second kappa shape index (κ2) is 8.61. The number of allylic oxidation sites excluding steroid dienone is 1. The zero-order valence-electron chi connectivity index (χ0n) is 15.3. The third kappa shape index (κ3) is 4.24. The molecule has 3 aromatic rings. The molecule has 0 unspecified atom stereocenters. The van der Waals surface area contributed by atoms with E-state index in [1.807, 2.05) is 44.2 Å². The highest BCUT2D eigenvalue weighted by Gasteiger charge is 2.13. The monoisotopic (exact) mass is 381 g/mol. The van der Waals surface area contributed by atoms with Crippen molar-refractivity contribution < 1.29 is 9.47 Å². The normalized spacial score (nSPS) is 11.4. The van der Waals surface area contributed by atoms with Gasteiger partial charge < -0.3 is 14.5 Å². The van der Waals surface area contributed by atoms with Crippen LogP contribution in [0.5, 0.6) is 11.5 Å². The smallest absolute Gasteiger partial charge is 0.179 e. The van der Waals surface area contributed by atoms with E-state index >= 15 is 0 Å². The topological polar surface area (TPSA) is 70.9 Å². The average Bonchev–Trinajstić information content (AvgIpc) is 3.09. The van der Waals surface area contributed by atoms with Gasteiger partial charge >= 0.3 is 0 Å². The summed E-state index contributed by atoms with van der Waals surface area (Å²) in [4.78, 5) is 7.65. The molecule has 27 heavy (non-hydrogen) atoms. The van der Waals surface area contributed by atoms with Gasteiger partial charge in [-0.05, 0) is 49.2 Å². The number of nitrogens with zero attached hydrogens (tertiary/aromatic N) is 2. The molecule has 6 heteroatoms. The third-order valence-corrected chi connectivity index (χ3v) is 4.14. The second-order valence-electron chi connectivity index (χ2n) is 5.88. The summed E-state index contributed by atoms with van der Waals surface area (Å²) in [5, 5.41) is 10.1. The zero-order chi connectivity index (χ0) is 19.2. The molecule has 0 bridgehead atoms. The van der Waals surface area contributed by atoms with E-state index < -0.39 is 0 Å². The highest BCUT2D eigenvalue weighted by atomic mass is 35.5. The first-order chi connectivity index (χ1) is 13.2. The van der Waals surface area contributed by atoms with Crippen LogP contribution >= 0.6 is 11.6 Å². The fourth-order valence-corrected chi connectivity index (χ4v) is 2.95. The highest BCUT2D eigenvalue weighted by Crippen LogP contribution is 2.37. The number of para-hydroxylation sites is 2. The predicted octanol–water partition coefficient (Wildman–Crippen LogP) is 5.47. The van der Waals surface area contributed by atoms with E-state index in [0.29, 0.717) is 41.1 Å². The molecule has 0 radical (unpaired) electrons. The number of rotatable bonds is 7. The minimum absolute atomic E-state index is 0.409. The van der Waals surface area contributed by atoms with Crippen molar-refractivity contribution in [1.29, 1.82) is 5.26 Å². The number of hydrogen-bond donors (Lipinski definition) is 1. The van der Waals surface area contributed by atoms with Gasteiger partial charge in [0.15, 0.2) is 11.5 Å². The summed E-state index contributed by atoms with van der Waals surface area (Å²) in [6.45, 7) is 4.96. The molecule has 0 amide bonds. The standard InChI is InChI=1S/C21H20ClN3O2/c1-3-9-27-20-16(22)11-14(12-19(20)26-4-2)10-15(13-23)21-24-17-7-5-6-8-18(17)25-21/h5-8,10-12H,3-4,9H2,1-2H3,(H,24,25)/b15-10-. The summed E-state index contributed by atoms with van der Waals surface area (Å²) in [7, 11) is 0. The lowest BCUT2D eigenvalue weighted by Gasteiger charge is -2.14. The Morgan fingerprint density at radius 1 is 1.26 bits per heavy atom. The minimum Gasteiger partial charge on any atom is -0.490 e. The van der Waals surface area contributed by atoms with Gasteiger partial charge in [-0.3, -0.25) is 0 Å². The molecule has 0 atom stereocenters. The van der Waals surface area contributed by atoms with Crippen molar-refractivity contribution in [1.82, 2.24) is 9.97 Å². The molecule has 0 aliphatic heterocycles. The van der Waals surface area contributed by atoms with Gasteiger partial charge in [0, 0.05) is 0 Å². The molecular formula is C21H20ClN3O2. The van der Waals surface area contributed by atoms with Crippen LogP contribution in [0.4, 0.5) is 0 Å². The van der Waals surface area contributed by atoms with E-state index in [2.05, 4.69) is 16.0 Å². The molecule has 1 heterocycles. The van der Waals surface area contributed by atoms with Crippen molar-refractivity contribution in [2.45, 2.75) is 20.3 Å². The van der Waals surface area contributed by atoms with Crippen molar-refractivity contribution in [3.05, 3.63) is 52.8 Å². The fourth-order valence-electron chi connectivity index (χ4n) is 2.68. The molecule has 0 saturated carbocycles. The van der Waals surface area contributed by atoms with Crippen LogP contribution in [-0.4, -0.2) is 23.2 Å². The number of benzene rings is 2.